The quantitative estimate of drug-likeness (QED) is 0.721. The van der Waals surface area contributed by atoms with E-state index in [1.165, 1.54) is 5.56 Å². The van der Waals surface area contributed by atoms with Crippen LogP contribution in [0.2, 0.25) is 0 Å². The van der Waals surface area contributed by atoms with Crippen molar-refractivity contribution in [2.75, 3.05) is 6.54 Å². The van der Waals surface area contributed by atoms with Gasteiger partial charge in [-0.3, -0.25) is 5.41 Å². The molecule has 0 aliphatic carbocycles. The van der Waals surface area contributed by atoms with Crippen LogP contribution < -0.4 is 0 Å². The average Bonchev–Trinajstić information content (AvgIpc) is 2.54. The Morgan fingerprint density at radius 3 is 2.93 bits per heavy atom. The first-order valence-electron chi connectivity index (χ1n) is 4.85. The van der Waals surface area contributed by atoms with Gasteiger partial charge in [0.2, 0.25) is 0 Å². The summed E-state index contributed by atoms with van der Waals surface area (Å²) in [5.41, 5.74) is 2.35. The minimum absolute atomic E-state index is 0.655. The minimum atomic E-state index is 0.655. The van der Waals surface area contributed by atoms with E-state index in [1.807, 2.05) is 24.3 Å². The van der Waals surface area contributed by atoms with Gasteiger partial charge in [-0.2, -0.15) is 0 Å². The third-order valence-corrected chi connectivity index (χ3v) is 2.55. The van der Waals surface area contributed by atoms with Crippen LogP contribution in [0.25, 0.3) is 0 Å². The number of fused-ring (bicyclic) bond motifs is 1. The second-order valence-corrected chi connectivity index (χ2v) is 3.50. The Morgan fingerprint density at radius 2 is 2.21 bits per heavy atom. The van der Waals surface area contributed by atoms with Crippen molar-refractivity contribution in [2.45, 2.75) is 13.0 Å². The van der Waals surface area contributed by atoms with Crippen LogP contribution in [0.1, 0.15) is 17.5 Å². The summed E-state index contributed by atoms with van der Waals surface area (Å²) in [4.78, 5) is 2.09. The molecule has 14 heavy (non-hydrogen) atoms. The van der Waals surface area contributed by atoms with Crippen LogP contribution >= 0.6 is 0 Å². The van der Waals surface area contributed by atoms with Crippen LogP contribution in [0.3, 0.4) is 0 Å². The molecule has 1 aromatic carbocycles. The molecule has 0 bridgehead atoms. The predicted octanol–water partition coefficient (Wildman–Crippen LogP) is 2.40. The molecule has 0 radical (unpaired) electrons. The Kier molecular flexibility index (Phi) is 2.35. The SMILES string of the molecule is C=CCCN1Cc2ccccc2C1=N. The topological polar surface area (TPSA) is 27.1 Å². The lowest BCUT2D eigenvalue weighted by Gasteiger charge is -2.16. The van der Waals surface area contributed by atoms with Gasteiger partial charge in [-0.15, -0.1) is 6.58 Å². The molecule has 0 spiro atoms. The van der Waals surface area contributed by atoms with E-state index in [-0.39, 0.29) is 0 Å². The molecule has 1 aliphatic heterocycles. The van der Waals surface area contributed by atoms with E-state index in [1.54, 1.807) is 0 Å². The molecule has 0 aromatic heterocycles. The van der Waals surface area contributed by atoms with Crippen molar-refractivity contribution in [1.82, 2.24) is 4.90 Å². The monoisotopic (exact) mass is 186 g/mol. The van der Waals surface area contributed by atoms with E-state index < -0.39 is 0 Å². The molecule has 1 N–H and O–H groups in total. The number of nitrogens with one attached hydrogen (secondary N) is 1. The second kappa shape index (κ2) is 3.66. The first-order chi connectivity index (χ1) is 6.83. The molecule has 0 unspecified atom stereocenters. The molecule has 2 nitrogen and oxygen atoms in total. The van der Waals surface area contributed by atoms with Gasteiger partial charge < -0.3 is 4.90 Å². The summed E-state index contributed by atoms with van der Waals surface area (Å²) >= 11 is 0. The van der Waals surface area contributed by atoms with Crippen molar-refractivity contribution in [3.05, 3.63) is 48.0 Å². The summed E-state index contributed by atoms with van der Waals surface area (Å²) in [6, 6.07) is 8.14. The van der Waals surface area contributed by atoms with Crippen molar-refractivity contribution in [3.8, 4) is 0 Å². The van der Waals surface area contributed by atoms with Crippen LogP contribution in [0.15, 0.2) is 36.9 Å². The third-order valence-electron chi connectivity index (χ3n) is 2.55. The summed E-state index contributed by atoms with van der Waals surface area (Å²) in [7, 11) is 0. The molecule has 1 aliphatic rings. The molecule has 72 valence electrons. The molecule has 1 heterocycles. The highest BCUT2D eigenvalue weighted by molar-refractivity contribution is 6.00. The Labute approximate surface area is 84.4 Å². The average molecular weight is 186 g/mol. The Balaban J connectivity index is 2.17. The fourth-order valence-corrected chi connectivity index (χ4v) is 1.78. The zero-order valence-corrected chi connectivity index (χ0v) is 8.16. The number of benzene rings is 1. The zero-order chi connectivity index (χ0) is 9.97. The number of nitrogens with zero attached hydrogens (tertiary/aromatic N) is 1. The van der Waals surface area contributed by atoms with Gasteiger partial charge in [0.15, 0.2) is 0 Å². The highest BCUT2D eigenvalue weighted by Crippen LogP contribution is 2.21. The van der Waals surface area contributed by atoms with Crippen molar-refractivity contribution in [3.63, 3.8) is 0 Å². The van der Waals surface area contributed by atoms with Crippen LogP contribution in [0.4, 0.5) is 0 Å². The largest absolute Gasteiger partial charge is 0.352 e. The molecular formula is C12H14N2. The first kappa shape index (κ1) is 9.00. The molecule has 1 aromatic rings. The van der Waals surface area contributed by atoms with Gasteiger partial charge in [-0.1, -0.05) is 30.3 Å². The van der Waals surface area contributed by atoms with E-state index >= 15 is 0 Å². The first-order valence-corrected chi connectivity index (χ1v) is 4.85. The fourth-order valence-electron chi connectivity index (χ4n) is 1.78. The Hall–Kier alpha value is -1.57. The third kappa shape index (κ3) is 1.43. The van der Waals surface area contributed by atoms with Gasteiger partial charge in [0.25, 0.3) is 0 Å². The Bertz CT molecular complexity index is 368. The molecule has 0 atom stereocenters. The minimum Gasteiger partial charge on any atom is -0.352 e. The predicted molar refractivity (Wildman–Crippen MR) is 58.5 cm³/mol. The van der Waals surface area contributed by atoms with Gasteiger partial charge in [0.05, 0.1) is 0 Å². The Morgan fingerprint density at radius 1 is 1.43 bits per heavy atom. The van der Waals surface area contributed by atoms with E-state index in [2.05, 4.69) is 17.5 Å². The van der Waals surface area contributed by atoms with Crippen LogP contribution in [-0.4, -0.2) is 17.3 Å². The van der Waals surface area contributed by atoms with Crippen LogP contribution in [0.5, 0.6) is 0 Å². The maximum Gasteiger partial charge on any atom is 0.128 e. The molecule has 0 amide bonds. The summed E-state index contributed by atoms with van der Waals surface area (Å²) in [6.07, 6.45) is 2.84. The van der Waals surface area contributed by atoms with Gasteiger partial charge in [-0.05, 0) is 12.0 Å². The molecule has 2 rings (SSSR count). The van der Waals surface area contributed by atoms with E-state index in [4.69, 9.17) is 5.41 Å². The lowest BCUT2D eigenvalue weighted by Crippen LogP contribution is -2.24. The maximum atomic E-state index is 7.96. The zero-order valence-electron chi connectivity index (χ0n) is 8.16. The lowest BCUT2D eigenvalue weighted by molar-refractivity contribution is 0.436. The van der Waals surface area contributed by atoms with Crippen LogP contribution in [0, 0.1) is 5.41 Å². The number of rotatable bonds is 3. The standard InChI is InChI=1S/C12H14N2/c1-2-3-8-14-9-10-6-4-5-7-11(10)12(14)13/h2,4-7,13H,1,3,8-9H2. The number of amidine groups is 1. The normalized spacial score (nSPS) is 14.3. The van der Waals surface area contributed by atoms with E-state index in [9.17, 15) is 0 Å². The smallest absolute Gasteiger partial charge is 0.128 e. The van der Waals surface area contributed by atoms with Crippen molar-refractivity contribution in [1.29, 1.82) is 5.41 Å². The summed E-state index contributed by atoms with van der Waals surface area (Å²) < 4.78 is 0. The molecule has 0 saturated heterocycles. The number of hydrogen-bond donors (Lipinski definition) is 1. The van der Waals surface area contributed by atoms with Gasteiger partial charge in [0, 0.05) is 18.7 Å². The van der Waals surface area contributed by atoms with Gasteiger partial charge in [-0.25, -0.2) is 0 Å². The van der Waals surface area contributed by atoms with Crippen molar-refractivity contribution in [2.24, 2.45) is 0 Å². The maximum absolute atomic E-state index is 7.96. The molecular weight excluding hydrogens is 172 g/mol. The lowest BCUT2D eigenvalue weighted by atomic mass is 10.1. The molecule has 0 fully saturated rings. The second-order valence-electron chi connectivity index (χ2n) is 3.50. The van der Waals surface area contributed by atoms with Crippen molar-refractivity contribution >= 4 is 5.84 Å². The van der Waals surface area contributed by atoms with Crippen molar-refractivity contribution < 1.29 is 0 Å². The van der Waals surface area contributed by atoms with Gasteiger partial charge >= 0.3 is 0 Å². The number of hydrogen-bond acceptors (Lipinski definition) is 1. The molecule has 2 heteroatoms. The summed E-state index contributed by atoms with van der Waals surface area (Å²) in [6.45, 7) is 5.48. The van der Waals surface area contributed by atoms with E-state index in [0.717, 1.165) is 25.1 Å². The summed E-state index contributed by atoms with van der Waals surface area (Å²) in [5.74, 6) is 0.655. The highest BCUT2D eigenvalue weighted by Gasteiger charge is 2.22. The highest BCUT2D eigenvalue weighted by atomic mass is 15.2. The van der Waals surface area contributed by atoms with E-state index in [0.29, 0.717) is 5.84 Å². The van der Waals surface area contributed by atoms with Crippen LogP contribution in [-0.2, 0) is 6.54 Å². The summed E-state index contributed by atoms with van der Waals surface area (Å²) in [5, 5.41) is 7.96. The molecule has 0 saturated carbocycles. The fraction of sp³-hybridized carbons (Fsp3) is 0.250. The van der Waals surface area contributed by atoms with Gasteiger partial charge in [0.1, 0.15) is 5.84 Å².